The first kappa shape index (κ1) is 12.2. The van der Waals surface area contributed by atoms with Crippen LogP contribution in [0.1, 0.15) is 26.3 Å². The van der Waals surface area contributed by atoms with Crippen molar-refractivity contribution in [3.8, 4) is 0 Å². The van der Waals surface area contributed by atoms with Gasteiger partial charge in [-0.3, -0.25) is 0 Å². The molecule has 0 saturated heterocycles. The molecule has 0 unspecified atom stereocenters. The summed E-state index contributed by atoms with van der Waals surface area (Å²) in [6.45, 7) is 7.24. The van der Waals surface area contributed by atoms with Crippen molar-refractivity contribution in [1.82, 2.24) is 0 Å². The first-order valence-electron chi connectivity index (χ1n) is 5.80. The summed E-state index contributed by atoms with van der Waals surface area (Å²) in [5, 5.41) is 0. The molecule has 1 aromatic carbocycles. The molecule has 1 rings (SSSR count). The van der Waals surface area contributed by atoms with Gasteiger partial charge < -0.3 is 0 Å². The van der Waals surface area contributed by atoms with Crippen LogP contribution in [0.25, 0.3) is 0 Å². The van der Waals surface area contributed by atoms with Crippen molar-refractivity contribution in [1.29, 1.82) is 0 Å². The molecule has 1 heteroatoms. The number of rotatable bonds is 5. The zero-order chi connectivity index (χ0) is 10.4. The van der Waals surface area contributed by atoms with Gasteiger partial charge in [-0.1, -0.05) is 0 Å². The first-order valence-corrected chi connectivity index (χ1v) is 16.8. The summed E-state index contributed by atoms with van der Waals surface area (Å²) in [6.07, 6.45) is 0. The summed E-state index contributed by atoms with van der Waals surface area (Å²) in [7, 11) is 0. The summed E-state index contributed by atoms with van der Waals surface area (Å²) in [5.41, 5.74) is 1.58. The van der Waals surface area contributed by atoms with Crippen LogP contribution in [-0.2, 0) is 3.98 Å². The van der Waals surface area contributed by atoms with Gasteiger partial charge in [0.1, 0.15) is 0 Å². The maximum atomic E-state index is 2.41. The summed E-state index contributed by atoms with van der Waals surface area (Å²) >= 11 is -1.85. The van der Waals surface area contributed by atoms with E-state index in [2.05, 4.69) is 51.1 Å². The Kier molecular flexibility index (Phi) is 5.14. The van der Waals surface area contributed by atoms with E-state index in [1.165, 1.54) is 15.9 Å². The van der Waals surface area contributed by atoms with Crippen molar-refractivity contribution in [3.63, 3.8) is 0 Å². The first-order chi connectivity index (χ1) is 6.76. The van der Waals surface area contributed by atoms with Gasteiger partial charge in [0.25, 0.3) is 0 Å². The van der Waals surface area contributed by atoms with E-state index in [9.17, 15) is 0 Å². The van der Waals surface area contributed by atoms with Crippen molar-refractivity contribution in [2.75, 3.05) is 0 Å². The maximum absolute atomic E-state index is 2.41. The van der Waals surface area contributed by atoms with Gasteiger partial charge in [0, 0.05) is 0 Å². The van der Waals surface area contributed by atoms with Crippen molar-refractivity contribution in [3.05, 3.63) is 35.9 Å². The quantitative estimate of drug-likeness (QED) is 0.664. The van der Waals surface area contributed by atoms with E-state index in [4.69, 9.17) is 0 Å². The normalized spacial score (nSPS) is 11.6. The molecule has 0 atom stereocenters. The topological polar surface area (TPSA) is 0 Å². The van der Waals surface area contributed by atoms with Gasteiger partial charge >= 0.3 is 93.8 Å². The third-order valence-corrected chi connectivity index (χ3v) is 25.7. The molecule has 0 amide bonds. The van der Waals surface area contributed by atoms with Gasteiger partial charge in [0.15, 0.2) is 0 Å². The second-order valence-corrected chi connectivity index (χ2v) is 25.5. The Bertz CT molecular complexity index is 241. The van der Waals surface area contributed by atoms with Crippen molar-refractivity contribution in [2.45, 2.75) is 36.7 Å². The summed E-state index contributed by atoms with van der Waals surface area (Å²) in [6, 6.07) is 11.1. The Morgan fingerprint density at radius 3 is 1.79 bits per heavy atom. The van der Waals surface area contributed by atoms with Crippen LogP contribution in [-0.4, -0.2) is 21.2 Å². The molecule has 0 aliphatic rings. The molecule has 0 nitrogen and oxygen atoms in total. The third kappa shape index (κ3) is 3.07. The van der Waals surface area contributed by atoms with Gasteiger partial charge in [0.2, 0.25) is 0 Å². The fourth-order valence-electron chi connectivity index (χ4n) is 2.15. The van der Waals surface area contributed by atoms with E-state index in [0.717, 1.165) is 0 Å². The molecule has 14 heavy (non-hydrogen) atoms. The van der Waals surface area contributed by atoms with Crippen LogP contribution in [0.15, 0.2) is 30.3 Å². The minimum absolute atomic E-state index is 1.46. The van der Waals surface area contributed by atoms with Gasteiger partial charge in [-0.05, 0) is 0 Å². The molecule has 0 aromatic heterocycles. The third-order valence-electron chi connectivity index (χ3n) is 3.67. The molecule has 0 fully saturated rings. The summed E-state index contributed by atoms with van der Waals surface area (Å²) in [4.78, 5) is 0. The summed E-state index contributed by atoms with van der Waals surface area (Å²) < 4.78 is 5.98. The standard InChI is InChI=1S/C7H7.3C2H5.Pb/c1-7-5-3-2-4-6-7;3*1-2;/h2-6H,1H2;3*1H2,2H3;. The van der Waals surface area contributed by atoms with Gasteiger partial charge in [-0.2, -0.15) is 0 Å². The Balaban J connectivity index is 2.74. The fraction of sp³-hybridized carbons (Fsp3) is 0.538. The van der Waals surface area contributed by atoms with Crippen molar-refractivity contribution in [2.24, 2.45) is 0 Å². The second-order valence-electron chi connectivity index (χ2n) is 4.22. The monoisotopic (exact) mass is 386 g/mol. The average molecular weight is 386 g/mol. The molecule has 0 radical (unpaired) electrons. The molecular formula is C13H22Pb. The van der Waals surface area contributed by atoms with E-state index in [1.54, 1.807) is 5.56 Å². The van der Waals surface area contributed by atoms with Gasteiger partial charge in [-0.25, -0.2) is 0 Å². The molecule has 78 valence electrons. The van der Waals surface area contributed by atoms with Crippen LogP contribution in [0, 0.1) is 0 Å². The molecule has 0 aliphatic heterocycles. The van der Waals surface area contributed by atoms with E-state index in [-0.39, 0.29) is 0 Å². The predicted octanol–water partition coefficient (Wildman–Crippen LogP) is 4.28. The predicted molar refractivity (Wildman–Crippen MR) is 67.3 cm³/mol. The van der Waals surface area contributed by atoms with Crippen molar-refractivity contribution >= 4 is 21.2 Å². The molecule has 0 aliphatic carbocycles. The molecule has 0 spiro atoms. The Morgan fingerprint density at radius 1 is 0.857 bits per heavy atom. The van der Waals surface area contributed by atoms with Crippen LogP contribution in [0.5, 0.6) is 0 Å². The molecule has 0 N–H and O–H groups in total. The fourth-order valence-corrected chi connectivity index (χ4v) is 15.2. The van der Waals surface area contributed by atoms with Gasteiger partial charge in [0.05, 0.1) is 0 Å². The molecule has 1 aromatic rings. The zero-order valence-electron chi connectivity index (χ0n) is 9.72. The van der Waals surface area contributed by atoms with Crippen LogP contribution < -0.4 is 0 Å². The molecule has 0 heterocycles. The van der Waals surface area contributed by atoms with E-state index in [1.807, 2.05) is 0 Å². The van der Waals surface area contributed by atoms with Gasteiger partial charge in [-0.15, -0.1) is 0 Å². The minimum atomic E-state index is -1.85. The number of hydrogen-bond acceptors (Lipinski definition) is 0. The second kappa shape index (κ2) is 5.89. The van der Waals surface area contributed by atoms with Crippen LogP contribution >= 0.6 is 0 Å². The number of benzene rings is 1. The molecule has 0 saturated carbocycles. The van der Waals surface area contributed by atoms with E-state index in [0.29, 0.717) is 0 Å². The summed E-state index contributed by atoms with van der Waals surface area (Å²) in [5.74, 6) is 0. The SMILES string of the molecule is C[CH2][Pb]([CH2]C)([CH2]C)[CH2]c1ccccc1. The Hall–Kier alpha value is 0.142. The molecular weight excluding hydrogens is 363 g/mol. The van der Waals surface area contributed by atoms with E-state index < -0.39 is 21.2 Å². The van der Waals surface area contributed by atoms with Crippen LogP contribution in [0.4, 0.5) is 0 Å². The van der Waals surface area contributed by atoms with Crippen LogP contribution in [0.2, 0.25) is 11.9 Å². The number of hydrogen-bond donors (Lipinski definition) is 0. The Morgan fingerprint density at radius 2 is 1.36 bits per heavy atom. The average Bonchev–Trinajstić information content (AvgIpc) is 2.28. The Labute approximate surface area is 93.4 Å². The van der Waals surface area contributed by atoms with Crippen LogP contribution in [0.3, 0.4) is 0 Å². The molecule has 0 bridgehead atoms. The zero-order valence-corrected chi connectivity index (χ0v) is 13.6. The van der Waals surface area contributed by atoms with Crippen molar-refractivity contribution < 1.29 is 0 Å². The van der Waals surface area contributed by atoms with E-state index >= 15 is 0 Å².